The Morgan fingerprint density at radius 2 is 1.94 bits per heavy atom. The van der Waals surface area contributed by atoms with Crippen molar-refractivity contribution in [3.8, 4) is 0 Å². The summed E-state index contributed by atoms with van der Waals surface area (Å²) in [5, 5.41) is 2.17. The van der Waals surface area contributed by atoms with Crippen molar-refractivity contribution < 1.29 is 0 Å². The molecule has 0 aliphatic rings. The average molecular weight is 285 g/mol. The first-order chi connectivity index (χ1) is 8.18. The number of hydrogen-bond donors (Lipinski definition) is 0. The van der Waals surface area contributed by atoms with Crippen molar-refractivity contribution in [2.75, 3.05) is 0 Å². The highest BCUT2D eigenvalue weighted by Crippen LogP contribution is 2.28. The molecule has 0 bridgehead atoms. The molecule has 17 heavy (non-hydrogen) atoms. The van der Waals surface area contributed by atoms with E-state index in [4.69, 9.17) is 23.2 Å². The highest BCUT2D eigenvalue weighted by atomic mass is 35.5. The topological polar surface area (TPSA) is 25.8 Å². The fourth-order valence-corrected chi connectivity index (χ4v) is 2.77. The monoisotopic (exact) mass is 284 g/mol. The molecule has 1 heterocycles. The number of aromatic nitrogens is 2. The second-order valence-electron chi connectivity index (χ2n) is 3.47. The predicted octanol–water partition coefficient (Wildman–Crippen LogP) is 4.38. The summed E-state index contributed by atoms with van der Waals surface area (Å²) in [5.74, 6) is 0.772. The normalized spacial score (nSPS) is 10.5. The lowest BCUT2D eigenvalue weighted by Gasteiger charge is -2.06. The van der Waals surface area contributed by atoms with Crippen molar-refractivity contribution in [1.29, 1.82) is 0 Å². The lowest BCUT2D eigenvalue weighted by Crippen LogP contribution is -1.91. The standard InChI is InChI=1S/C12H10Cl2N2S/c1-8-11(14)15-7-16-12(8)17-6-9-4-2-3-5-10(9)13/h2-5,7H,6H2,1H3. The van der Waals surface area contributed by atoms with Crippen molar-refractivity contribution in [3.63, 3.8) is 0 Å². The Kier molecular flexibility index (Phi) is 4.26. The summed E-state index contributed by atoms with van der Waals surface area (Å²) < 4.78 is 0. The van der Waals surface area contributed by atoms with Gasteiger partial charge >= 0.3 is 0 Å². The average Bonchev–Trinajstić information content (AvgIpc) is 2.33. The molecule has 0 spiro atoms. The van der Waals surface area contributed by atoms with Gasteiger partial charge in [-0.25, -0.2) is 9.97 Å². The van der Waals surface area contributed by atoms with Crippen LogP contribution < -0.4 is 0 Å². The van der Waals surface area contributed by atoms with Crippen molar-refractivity contribution >= 4 is 35.0 Å². The Balaban J connectivity index is 2.13. The third-order valence-corrected chi connectivity index (χ3v) is 4.19. The van der Waals surface area contributed by atoms with Crippen LogP contribution in [0, 0.1) is 6.92 Å². The van der Waals surface area contributed by atoms with E-state index in [0.717, 1.165) is 26.9 Å². The first-order valence-electron chi connectivity index (χ1n) is 5.02. The fourth-order valence-electron chi connectivity index (χ4n) is 1.32. The molecule has 0 radical (unpaired) electrons. The zero-order chi connectivity index (χ0) is 12.3. The van der Waals surface area contributed by atoms with Crippen molar-refractivity contribution in [2.45, 2.75) is 17.7 Å². The summed E-state index contributed by atoms with van der Waals surface area (Å²) in [5.41, 5.74) is 2.00. The zero-order valence-corrected chi connectivity index (χ0v) is 11.5. The molecule has 0 fully saturated rings. The van der Waals surface area contributed by atoms with Gasteiger partial charge in [0.1, 0.15) is 16.5 Å². The first-order valence-corrected chi connectivity index (χ1v) is 6.76. The highest BCUT2D eigenvalue weighted by molar-refractivity contribution is 7.98. The lowest BCUT2D eigenvalue weighted by molar-refractivity contribution is 1.00. The van der Waals surface area contributed by atoms with Crippen molar-refractivity contribution in [1.82, 2.24) is 9.97 Å². The summed E-state index contributed by atoms with van der Waals surface area (Å²) in [6.45, 7) is 1.91. The third-order valence-electron chi connectivity index (χ3n) is 2.30. The number of thioether (sulfide) groups is 1. The molecule has 1 aromatic heterocycles. The van der Waals surface area contributed by atoms with Gasteiger partial charge in [0.25, 0.3) is 0 Å². The van der Waals surface area contributed by atoms with Gasteiger partial charge in [-0.2, -0.15) is 0 Å². The quantitative estimate of drug-likeness (QED) is 0.618. The molecule has 0 saturated carbocycles. The summed E-state index contributed by atoms with van der Waals surface area (Å²) in [4.78, 5) is 8.13. The number of nitrogens with zero attached hydrogens (tertiary/aromatic N) is 2. The number of benzene rings is 1. The van der Waals surface area contributed by atoms with Crippen LogP contribution in [0.3, 0.4) is 0 Å². The van der Waals surface area contributed by atoms with Crippen LogP contribution in [0.1, 0.15) is 11.1 Å². The SMILES string of the molecule is Cc1c(Cl)ncnc1SCc1ccccc1Cl. The lowest BCUT2D eigenvalue weighted by atomic mass is 10.2. The fraction of sp³-hybridized carbons (Fsp3) is 0.167. The van der Waals surface area contributed by atoms with Crippen LogP contribution in [0.2, 0.25) is 10.2 Å². The first kappa shape index (κ1) is 12.7. The summed E-state index contributed by atoms with van der Waals surface area (Å²) >= 11 is 13.6. The molecule has 88 valence electrons. The van der Waals surface area contributed by atoms with Crippen molar-refractivity contribution in [2.24, 2.45) is 0 Å². The van der Waals surface area contributed by atoms with Gasteiger partial charge in [-0.15, -0.1) is 11.8 Å². The minimum absolute atomic E-state index is 0.502. The largest absolute Gasteiger partial charge is 0.230 e. The maximum atomic E-state index is 6.09. The number of hydrogen-bond acceptors (Lipinski definition) is 3. The minimum Gasteiger partial charge on any atom is -0.230 e. The van der Waals surface area contributed by atoms with E-state index in [1.54, 1.807) is 11.8 Å². The van der Waals surface area contributed by atoms with Gasteiger partial charge in [0.05, 0.1) is 0 Å². The molecule has 0 saturated heterocycles. The van der Waals surface area contributed by atoms with Crippen LogP contribution in [0.15, 0.2) is 35.6 Å². The van der Waals surface area contributed by atoms with Crippen LogP contribution in [0.5, 0.6) is 0 Å². The molecule has 2 nitrogen and oxygen atoms in total. The molecular formula is C12H10Cl2N2S. The van der Waals surface area contributed by atoms with Crippen LogP contribution >= 0.6 is 35.0 Å². The minimum atomic E-state index is 0.502. The molecule has 5 heteroatoms. The smallest absolute Gasteiger partial charge is 0.136 e. The van der Waals surface area contributed by atoms with E-state index < -0.39 is 0 Å². The van der Waals surface area contributed by atoms with Crippen LogP contribution in [0.4, 0.5) is 0 Å². The number of halogens is 2. The van der Waals surface area contributed by atoms with E-state index in [-0.39, 0.29) is 0 Å². The van der Waals surface area contributed by atoms with E-state index in [0.29, 0.717) is 5.15 Å². The zero-order valence-electron chi connectivity index (χ0n) is 9.15. The van der Waals surface area contributed by atoms with Crippen LogP contribution in [-0.2, 0) is 5.75 Å². The van der Waals surface area contributed by atoms with E-state index >= 15 is 0 Å². The molecule has 0 N–H and O–H groups in total. The summed E-state index contributed by atoms with van der Waals surface area (Å²) in [6, 6.07) is 7.79. The second-order valence-corrected chi connectivity index (χ2v) is 5.20. The summed E-state index contributed by atoms with van der Waals surface area (Å²) in [6.07, 6.45) is 1.48. The second kappa shape index (κ2) is 5.71. The van der Waals surface area contributed by atoms with E-state index in [9.17, 15) is 0 Å². The van der Waals surface area contributed by atoms with Gasteiger partial charge < -0.3 is 0 Å². The van der Waals surface area contributed by atoms with E-state index in [2.05, 4.69) is 9.97 Å². The molecule has 1 aromatic carbocycles. The Morgan fingerprint density at radius 3 is 2.71 bits per heavy atom. The number of rotatable bonds is 3. The Bertz CT molecular complexity index is 532. The Hall–Kier alpha value is -0.770. The molecule has 2 rings (SSSR count). The van der Waals surface area contributed by atoms with Gasteiger partial charge in [0.15, 0.2) is 0 Å². The highest BCUT2D eigenvalue weighted by Gasteiger charge is 2.07. The molecule has 0 unspecified atom stereocenters. The van der Waals surface area contributed by atoms with Gasteiger partial charge in [0, 0.05) is 16.3 Å². The Labute approximate surface area is 114 Å². The van der Waals surface area contributed by atoms with E-state index in [1.807, 2.05) is 31.2 Å². The van der Waals surface area contributed by atoms with Gasteiger partial charge in [-0.1, -0.05) is 41.4 Å². The maximum absolute atomic E-state index is 6.09. The molecule has 0 amide bonds. The Morgan fingerprint density at radius 1 is 1.18 bits per heavy atom. The maximum Gasteiger partial charge on any atom is 0.136 e. The predicted molar refractivity (Wildman–Crippen MR) is 72.8 cm³/mol. The summed E-state index contributed by atoms with van der Waals surface area (Å²) in [7, 11) is 0. The van der Waals surface area contributed by atoms with Gasteiger partial charge in [-0.3, -0.25) is 0 Å². The molecule has 2 aromatic rings. The van der Waals surface area contributed by atoms with Gasteiger partial charge in [0.2, 0.25) is 0 Å². The molecule has 0 aliphatic heterocycles. The van der Waals surface area contributed by atoms with E-state index in [1.165, 1.54) is 6.33 Å². The van der Waals surface area contributed by atoms with Crippen molar-refractivity contribution in [3.05, 3.63) is 51.9 Å². The molecule has 0 atom stereocenters. The van der Waals surface area contributed by atoms with Crippen LogP contribution in [0.25, 0.3) is 0 Å². The molecule has 0 aliphatic carbocycles. The van der Waals surface area contributed by atoms with Gasteiger partial charge in [-0.05, 0) is 18.6 Å². The molecular weight excluding hydrogens is 275 g/mol. The van der Waals surface area contributed by atoms with Crippen LogP contribution in [-0.4, -0.2) is 9.97 Å². The third kappa shape index (κ3) is 3.12.